The van der Waals surface area contributed by atoms with Gasteiger partial charge in [-0.05, 0) is 50.7 Å². The third kappa shape index (κ3) is 4.41. The number of nitrogens with zero attached hydrogens (tertiary/aromatic N) is 2. The number of hydrogen-bond acceptors (Lipinski definition) is 4. The van der Waals surface area contributed by atoms with E-state index in [1.54, 1.807) is 0 Å². The molecule has 7 heteroatoms. The number of nitrogens with one attached hydrogen (secondary N) is 2. The Morgan fingerprint density at radius 3 is 2.61 bits per heavy atom. The van der Waals surface area contributed by atoms with E-state index in [1.165, 1.54) is 17.5 Å². The number of thioether (sulfide) groups is 1. The maximum Gasteiger partial charge on any atom is 0.321 e. The average molecular weight is 399 g/mol. The molecule has 0 bridgehead atoms. The number of carbonyl (C=O) groups is 2. The Morgan fingerprint density at radius 2 is 1.82 bits per heavy atom. The van der Waals surface area contributed by atoms with Crippen molar-refractivity contribution < 1.29 is 9.59 Å². The van der Waals surface area contributed by atoms with Gasteiger partial charge in [-0.15, -0.1) is 0 Å². The number of hydrogen-bond donors (Lipinski definition) is 2. The minimum absolute atomic E-state index is 0.167. The molecular weight excluding hydrogens is 372 g/mol. The SMILES string of the molecule is O=C(CSc1nc2c(n1-c1ccccc1)CCCC2)NC(=O)NC1CCCC1. The quantitative estimate of drug-likeness (QED) is 0.755. The number of carbonyl (C=O) groups excluding carboxylic acids is 2. The highest BCUT2D eigenvalue weighted by atomic mass is 32.2. The van der Waals surface area contributed by atoms with Crippen molar-refractivity contribution in [3.8, 4) is 5.69 Å². The lowest BCUT2D eigenvalue weighted by molar-refractivity contribution is -0.117. The van der Waals surface area contributed by atoms with Crippen molar-refractivity contribution in [3.05, 3.63) is 41.7 Å². The molecule has 0 radical (unpaired) electrons. The Kier molecular flexibility index (Phi) is 6.00. The van der Waals surface area contributed by atoms with Crippen LogP contribution in [-0.2, 0) is 17.6 Å². The Morgan fingerprint density at radius 1 is 1.07 bits per heavy atom. The van der Waals surface area contributed by atoms with Gasteiger partial charge in [0.1, 0.15) is 0 Å². The van der Waals surface area contributed by atoms with E-state index in [-0.39, 0.29) is 23.7 Å². The minimum atomic E-state index is -0.386. The lowest BCUT2D eigenvalue weighted by atomic mass is 10.0. The van der Waals surface area contributed by atoms with Crippen molar-refractivity contribution in [2.45, 2.75) is 62.6 Å². The lowest BCUT2D eigenvalue weighted by Gasteiger charge is -2.15. The monoisotopic (exact) mass is 398 g/mol. The first kappa shape index (κ1) is 19.1. The summed E-state index contributed by atoms with van der Waals surface area (Å²) >= 11 is 1.39. The maximum absolute atomic E-state index is 12.3. The van der Waals surface area contributed by atoms with Gasteiger partial charge in [-0.3, -0.25) is 14.7 Å². The summed E-state index contributed by atoms with van der Waals surface area (Å²) in [4.78, 5) is 29.1. The van der Waals surface area contributed by atoms with Gasteiger partial charge in [-0.2, -0.15) is 0 Å². The molecule has 1 heterocycles. The summed E-state index contributed by atoms with van der Waals surface area (Å²) in [5, 5.41) is 6.16. The highest BCUT2D eigenvalue weighted by molar-refractivity contribution is 7.99. The van der Waals surface area contributed by atoms with Crippen LogP contribution in [0.3, 0.4) is 0 Å². The van der Waals surface area contributed by atoms with E-state index in [1.807, 2.05) is 18.2 Å². The van der Waals surface area contributed by atoms with Crippen LogP contribution in [0.5, 0.6) is 0 Å². The van der Waals surface area contributed by atoms with Crippen molar-refractivity contribution in [2.75, 3.05) is 5.75 Å². The molecule has 0 atom stereocenters. The third-order valence-electron chi connectivity index (χ3n) is 5.39. The molecule has 0 unspecified atom stereocenters. The number of urea groups is 1. The zero-order chi connectivity index (χ0) is 19.3. The fourth-order valence-corrected chi connectivity index (χ4v) is 4.89. The lowest BCUT2D eigenvalue weighted by Crippen LogP contribution is -2.44. The summed E-state index contributed by atoms with van der Waals surface area (Å²) in [6.45, 7) is 0. The molecule has 4 rings (SSSR count). The summed E-state index contributed by atoms with van der Waals surface area (Å²) in [5.74, 6) is -0.123. The Hall–Kier alpha value is -2.28. The Bertz CT molecular complexity index is 844. The fraction of sp³-hybridized carbons (Fsp3) is 0.476. The van der Waals surface area contributed by atoms with Crippen molar-refractivity contribution in [3.63, 3.8) is 0 Å². The van der Waals surface area contributed by atoms with Gasteiger partial charge in [0.25, 0.3) is 0 Å². The molecule has 6 nitrogen and oxygen atoms in total. The van der Waals surface area contributed by atoms with E-state index < -0.39 is 0 Å². The summed E-state index contributed by atoms with van der Waals surface area (Å²) in [5.41, 5.74) is 3.45. The second kappa shape index (κ2) is 8.82. The zero-order valence-corrected chi connectivity index (χ0v) is 16.8. The van der Waals surface area contributed by atoms with Crippen molar-refractivity contribution in [1.82, 2.24) is 20.2 Å². The summed E-state index contributed by atoms with van der Waals surface area (Å²) in [6, 6.07) is 9.96. The summed E-state index contributed by atoms with van der Waals surface area (Å²) in [7, 11) is 0. The van der Waals surface area contributed by atoms with Gasteiger partial charge in [0.05, 0.1) is 11.4 Å². The molecule has 0 saturated heterocycles. The fourth-order valence-electron chi connectivity index (χ4n) is 4.04. The number of benzene rings is 1. The van der Waals surface area contributed by atoms with E-state index in [0.717, 1.165) is 67.9 Å². The van der Waals surface area contributed by atoms with E-state index in [4.69, 9.17) is 4.98 Å². The van der Waals surface area contributed by atoms with Crippen molar-refractivity contribution in [1.29, 1.82) is 0 Å². The normalized spacial score (nSPS) is 16.6. The van der Waals surface area contributed by atoms with E-state index >= 15 is 0 Å². The van der Waals surface area contributed by atoms with Crippen LogP contribution in [0.1, 0.15) is 49.9 Å². The molecule has 2 aliphatic carbocycles. The smallest absolute Gasteiger partial charge is 0.321 e. The molecule has 1 saturated carbocycles. The molecule has 2 aliphatic rings. The Balaban J connectivity index is 1.42. The molecule has 0 aliphatic heterocycles. The first-order valence-electron chi connectivity index (χ1n) is 10.1. The number of aromatic nitrogens is 2. The van der Waals surface area contributed by atoms with Gasteiger partial charge in [0.15, 0.2) is 5.16 Å². The second-order valence-corrected chi connectivity index (χ2v) is 8.40. The highest BCUT2D eigenvalue weighted by Crippen LogP contribution is 2.30. The van der Waals surface area contributed by atoms with Gasteiger partial charge in [0, 0.05) is 17.4 Å². The number of fused-ring (bicyclic) bond motifs is 1. The molecule has 2 N–H and O–H groups in total. The third-order valence-corrected chi connectivity index (χ3v) is 6.33. The topological polar surface area (TPSA) is 76.0 Å². The predicted molar refractivity (Wildman–Crippen MR) is 110 cm³/mol. The molecule has 1 aromatic carbocycles. The molecule has 1 aromatic heterocycles. The number of para-hydroxylation sites is 1. The molecular formula is C21H26N4O2S. The number of aryl methyl sites for hydroxylation is 1. The van der Waals surface area contributed by atoms with Gasteiger partial charge in [-0.1, -0.05) is 42.8 Å². The first-order chi connectivity index (χ1) is 13.7. The van der Waals surface area contributed by atoms with Crippen molar-refractivity contribution in [2.24, 2.45) is 0 Å². The van der Waals surface area contributed by atoms with Crippen LogP contribution in [0.25, 0.3) is 5.69 Å². The largest absolute Gasteiger partial charge is 0.335 e. The van der Waals surface area contributed by atoms with Crippen LogP contribution in [0, 0.1) is 0 Å². The summed E-state index contributed by atoms with van der Waals surface area (Å²) in [6.07, 6.45) is 8.59. The average Bonchev–Trinajstić information content (AvgIpc) is 3.34. The van der Waals surface area contributed by atoms with Crippen LogP contribution in [0.4, 0.5) is 4.79 Å². The number of amides is 3. The van der Waals surface area contributed by atoms with Crippen LogP contribution < -0.4 is 10.6 Å². The van der Waals surface area contributed by atoms with E-state index in [2.05, 4.69) is 27.3 Å². The molecule has 1 fully saturated rings. The number of rotatable bonds is 5. The van der Waals surface area contributed by atoms with E-state index in [9.17, 15) is 9.59 Å². The number of imide groups is 1. The summed E-state index contributed by atoms with van der Waals surface area (Å²) < 4.78 is 2.17. The maximum atomic E-state index is 12.3. The Labute approximate surface area is 169 Å². The van der Waals surface area contributed by atoms with Crippen LogP contribution in [-0.4, -0.2) is 33.3 Å². The number of imidazole rings is 1. The molecule has 148 valence electrons. The van der Waals surface area contributed by atoms with Gasteiger partial charge >= 0.3 is 6.03 Å². The van der Waals surface area contributed by atoms with Gasteiger partial charge in [0.2, 0.25) is 5.91 Å². The minimum Gasteiger partial charge on any atom is -0.335 e. The van der Waals surface area contributed by atoms with Crippen LogP contribution in [0.15, 0.2) is 35.5 Å². The molecule has 3 amide bonds. The molecule has 28 heavy (non-hydrogen) atoms. The van der Waals surface area contributed by atoms with Crippen LogP contribution >= 0.6 is 11.8 Å². The standard InChI is InChI=1S/C21H26N4O2S/c26-19(24-20(27)22-15-8-4-5-9-15)14-28-21-23-17-12-6-7-13-18(17)25(21)16-10-2-1-3-11-16/h1-3,10-11,15H,4-9,12-14H2,(H2,22,24,26,27). The predicted octanol–water partition coefficient (Wildman–Crippen LogP) is 3.61. The zero-order valence-electron chi connectivity index (χ0n) is 15.9. The molecule has 0 spiro atoms. The van der Waals surface area contributed by atoms with Gasteiger partial charge < -0.3 is 5.32 Å². The molecule has 2 aromatic rings. The van der Waals surface area contributed by atoms with Crippen LogP contribution in [0.2, 0.25) is 0 Å². The highest BCUT2D eigenvalue weighted by Gasteiger charge is 2.22. The second-order valence-electron chi connectivity index (χ2n) is 7.46. The first-order valence-corrected chi connectivity index (χ1v) is 11.1. The van der Waals surface area contributed by atoms with Crippen molar-refractivity contribution >= 4 is 23.7 Å². The van der Waals surface area contributed by atoms with E-state index in [0.29, 0.717) is 0 Å². The van der Waals surface area contributed by atoms with Gasteiger partial charge in [-0.25, -0.2) is 9.78 Å².